The second kappa shape index (κ2) is 5.73. The first-order valence-corrected chi connectivity index (χ1v) is 6.42. The third-order valence-electron chi connectivity index (χ3n) is 2.99. The summed E-state index contributed by atoms with van der Waals surface area (Å²) in [5.41, 5.74) is 1.69. The van der Waals surface area contributed by atoms with Gasteiger partial charge < -0.3 is 14.3 Å². The maximum Gasteiger partial charge on any atom is 0.254 e. The number of hydrogen-bond acceptors (Lipinski definition) is 3. The molecule has 0 saturated heterocycles. The van der Waals surface area contributed by atoms with Crippen molar-refractivity contribution in [2.24, 2.45) is 0 Å². The molecule has 19 heavy (non-hydrogen) atoms. The number of amides is 1. The molecule has 102 valence electrons. The van der Waals surface area contributed by atoms with Crippen LogP contribution in [0, 0.1) is 6.92 Å². The van der Waals surface area contributed by atoms with Gasteiger partial charge in [0.2, 0.25) is 0 Å². The third-order valence-corrected chi connectivity index (χ3v) is 2.99. The number of nitrogens with zero attached hydrogens (tertiary/aromatic N) is 2. The molecule has 2 heterocycles. The van der Waals surface area contributed by atoms with E-state index in [1.165, 1.54) is 12.5 Å². The van der Waals surface area contributed by atoms with Crippen LogP contribution in [-0.2, 0) is 6.42 Å². The number of furan rings is 1. The zero-order valence-electron chi connectivity index (χ0n) is 11.5. The number of rotatable bonds is 5. The molecule has 0 radical (unpaired) electrons. The summed E-state index contributed by atoms with van der Waals surface area (Å²) in [5.74, 6) is 0.883. The molecule has 2 rings (SSSR count). The lowest BCUT2D eigenvalue weighted by atomic mass is 10.3. The third kappa shape index (κ3) is 3.05. The van der Waals surface area contributed by atoms with Crippen molar-refractivity contribution < 1.29 is 9.21 Å². The summed E-state index contributed by atoms with van der Waals surface area (Å²) < 4.78 is 7.06. The van der Waals surface area contributed by atoms with Crippen LogP contribution in [0.1, 0.15) is 41.8 Å². The summed E-state index contributed by atoms with van der Waals surface area (Å²) in [6.07, 6.45) is 5.52. The molecule has 0 aliphatic rings. The molecule has 0 aromatic carbocycles. The van der Waals surface area contributed by atoms with Crippen molar-refractivity contribution in [3.05, 3.63) is 41.9 Å². The van der Waals surface area contributed by atoms with E-state index in [9.17, 15) is 4.79 Å². The fourth-order valence-electron chi connectivity index (χ4n) is 2.17. The Bertz CT molecular complexity index is 541. The molecule has 0 aliphatic carbocycles. The van der Waals surface area contributed by atoms with E-state index in [1.807, 2.05) is 13.1 Å². The molecule has 5 heteroatoms. The minimum atomic E-state index is -0.117. The van der Waals surface area contributed by atoms with E-state index in [2.05, 4.69) is 28.7 Å². The standard InChI is InChI=1S/C14H19N3O2/c1-10(2)17-11(3)8-16-13(17)4-6-15-14(18)12-5-7-19-9-12/h5,7-10H,4,6H2,1-3H3,(H,15,18). The van der Waals surface area contributed by atoms with Gasteiger partial charge in [-0.3, -0.25) is 4.79 Å². The fourth-order valence-corrected chi connectivity index (χ4v) is 2.17. The number of hydrogen-bond donors (Lipinski definition) is 1. The Morgan fingerprint density at radius 1 is 1.53 bits per heavy atom. The molecule has 0 saturated carbocycles. The van der Waals surface area contributed by atoms with Gasteiger partial charge in [-0.2, -0.15) is 0 Å². The summed E-state index contributed by atoms with van der Waals surface area (Å²) in [6.45, 7) is 6.86. The van der Waals surface area contributed by atoms with Crippen LogP contribution in [0.3, 0.4) is 0 Å². The molecule has 0 spiro atoms. The van der Waals surface area contributed by atoms with Crippen LogP contribution < -0.4 is 5.32 Å². The van der Waals surface area contributed by atoms with Gasteiger partial charge in [0.15, 0.2) is 0 Å². The van der Waals surface area contributed by atoms with Gasteiger partial charge in [-0.05, 0) is 26.8 Å². The Morgan fingerprint density at radius 3 is 2.95 bits per heavy atom. The van der Waals surface area contributed by atoms with Crippen LogP contribution in [-0.4, -0.2) is 22.0 Å². The summed E-state index contributed by atoms with van der Waals surface area (Å²) in [6, 6.07) is 2.02. The number of imidazole rings is 1. The van der Waals surface area contributed by atoms with Gasteiger partial charge in [0.1, 0.15) is 12.1 Å². The molecule has 0 fully saturated rings. The first-order chi connectivity index (χ1) is 9.09. The predicted molar refractivity (Wildman–Crippen MR) is 72.1 cm³/mol. The zero-order valence-corrected chi connectivity index (χ0v) is 11.5. The Kier molecular flexibility index (Phi) is 4.04. The number of nitrogens with one attached hydrogen (secondary N) is 1. The van der Waals surface area contributed by atoms with Crippen molar-refractivity contribution in [3.8, 4) is 0 Å². The quantitative estimate of drug-likeness (QED) is 0.898. The van der Waals surface area contributed by atoms with Crippen molar-refractivity contribution in [3.63, 3.8) is 0 Å². The molecule has 5 nitrogen and oxygen atoms in total. The summed E-state index contributed by atoms with van der Waals surface area (Å²) in [7, 11) is 0. The molecule has 2 aromatic heterocycles. The van der Waals surface area contributed by atoms with Crippen LogP contribution in [0.5, 0.6) is 0 Å². The second-order valence-electron chi connectivity index (χ2n) is 4.80. The van der Waals surface area contributed by atoms with E-state index in [1.54, 1.807) is 6.07 Å². The highest BCUT2D eigenvalue weighted by atomic mass is 16.3. The van der Waals surface area contributed by atoms with Crippen molar-refractivity contribution in [2.45, 2.75) is 33.2 Å². The van der Waals surface area contributed by atoms with E-state index >= 15 is 0 Å². The number of carbonyl (C=O) groups is 1. The maximum absolute atomic E-state index is 11.7. The molecule has 0 atom stereocenters. The molecule has 1 N–H and O–H groups in total. The van der Waals surface area contributed by atoms with Gasteiger partial charge in [0, 0.05) is 30.9 Å². The molecule has 0 aliphatic heterocycles. The van der Waals surface area contributed by atoms with Crippen molar-refractivity contribution in [1.29, 1.82) is 0 Å². The molecular formula is C14H19N3O2. The molecule has 2 aromatic rings. The van der Waals surface area contributed by atoms with E-state index in [0.29, 0.717) is 18.2 Å². The molecule has 0 unspecified atom stereocenters. The Labute approximate surface area is 112 Å². The Morgan fingerprint density at radius 2 is 2.32 bits per heavy atom. The van der Waals surface area contributed by atoms with Gasteiger partial charge in [-0.15, -0.1) is 0 Å². The summed E-state index contributed by atoms with van der Waals surface area (Å²) in [4.78, 5) is 16.1. The lowest BCUT2D eigenvalue weighted by Crippen LogP contribution is -2.26. The maximum atomic E-state index is 11.7. The van der Waals surface area contributed by atoms with Crippen molar-refractivity contribution in [1.82, 2.24) is 14.9 Å². The average Bonchev–Trinajstić information content (AvgIpc) is 2.98. The van der Waals surface area contributed by atoms with Crippen LogP contribution in [0.4, 0.5) is 0 Å². The fraction of sp³-hybridized carbons (Fsp3) is 0.429. The minimum Gasteiger partial charge on any atom is -0.472 e. The zero-order chi connectivity index (χ0) is 13.8. The lowest BCUT2D eigenvalue weighted by molar-refractivity contribution is 0.0953. The van der Waals surface area contributed by atoms with Crippen LogP contribution in [0.15, 0.2) is 29.2 Å². The number of aryl methyl sites for hydroxylation is 1. The summed E-state index contributed by atoms with van der Waals surface area (Å²) in [5, 5.41) is 2.86. The smallest absolute Gasteiger partial charge is 0.254 e. The lowest BCUT2D eigenvalue weighted by Gasteiger charge is -2.14. The minimum absolute atomic E-state index is 0.117. The first-order valence-electron chi connectivity index (χ1n) is 6.42. The van der Waals surface area contributed by atoms with Gasteiger partial charge in [0.05, 0.1) is 11.8 Å². The number of carbonyl (C=O) groups excluding carboxylic acids is 1. The Hall–Kier alpha value is -2.04. The normalized spacial score (nSPS) is 10.9. The monoisotopic (exact) mass is 261 g/mol. The SMILES string of the molecule is Cc1cnc(CCNC(=O)c2ccoc2)n1C(C)C. The highest BCUT2D eigenvalue weighted by Gasteiger charge is 2.11. The molecular weight excluding hydrogens is 242 g/mol. The van der Waals surface area contributed by atoms with Gasteiger partial charge in [0.25, 0.3) is 5.91 Å². The van der Waals surface area contributed by atoms with Gasteiger partial charge in [-0.25, -0.2) is 4.98 Å². The average molecular weight is 261 g/mol. The predicted octanol–water partition coefficient (Wildman–Crippen LogP) is 2.34. The summed E-state index contributed by atoms with van der Waals surface area (Å²) >= 11 is 0. The van der Waals surface area contributed by atoms with Gasteiger partial charge >= 0.3 is 0 Å². The first kappa shape index (κ1) is 13.4. The van der Waals surface area contributed by atoms with Gasteiger partial charge in [-0.1, -0.05) is 0 Å². The highest BCUT2D eigenvalue weighted by Crippen LogP contribution is 2.13. The van der Waals surface area contributed by atoms with E-state index < -0.39 is 0 Å². The molecule has 1 amide bonds. The van der Waals surface area contributed by atoms with Crippen molar-refractivity contribution in [2.75, 3.05) is 6.54 Å². The molecule has 0 bridgehead atoms. The Balaban J connectivity index is 1.91. The van der Waals surface area contributed by atoms with E-state index in [4.69, 9.17) is 4.42 Å². The van der Waals surface area contributed by atoms with Crippen LogP contribution in [0.25, 0.3) is 0 Å². The van der Waals surface area contributed by atoms with E-state index in [-0.39, 0.29) is 5.91 Å². The second-order valence-corrected chi connectivity index (χ2v) is 4.80. The highest BCUT2D eigenvalue weighted by molar-refractivity contribution is 5.93. The largest absolute Gasteiger partial charge is 0.472 e. The van der Waals surface area contributed by atoms with Crippen molar-refractivity contribution >= 4 is 5.91 Å². The topological polar surface area (TPSA) is 60.1 Å². The van der Waals surface area contributed by atoms with Crippen LogP contribution >= 0.6 is 0 Å². The van der Waals surface area contributed by atoms with E-state index in [0.717, 1.165) is 17.9 Å². The number of aromatic nitrogens is 2. The van der Waals surface area contributed by atoms with Crippen LogP contribution in [0.2, 0.25) is 0 Å².